The summed E-state index contributed by atoms with van der Waals surface area (Å²) in [5, 5.41) is 0. The lowest BCUT2D eigenvalue weighted by Crippen LogP contribution is -2.55. The van der Waals surface area contributed by atoms with Crippen LogP contribution in [0.4, 0.5) is 0 Å². The molecule has 0 radical (unpaired) electrons. The number of hydrogen-bond donors (Lipinski definition) is 1. The number of carbonyl (C=O) groups excluding carboxylic acids is 1. The number of hydrogen-bond acceptors (Lipinski definition) is 2. The van der Waals surface area contributed by atoms with Crippen LogP contribution < -0.4 is 5.73 Å². The van der Waals surface area contributed by atoms with Crippen molar-refractivity contribution < 1.29 is 4.79 Å². The van der Waals surface area contributed by atoms with Crippen molar-refractivity contribution in [3.63, 3.8) is 0 Å². The van der Waals surface area contributed by atoms with E-state index in [2.05, 4.69) is 6.92 Å². The summed E-state index contributed by atoms with van der Waals surface area (Å²) in [7, 11) is 0. The zero-order chi connectivity index (χ0) is 8.43. The van der Waals surface area contributed by atoms with Gasteiger partial charge < -0.3 is 10.6 Å². The number of nitrogens with two attached hydrogens (primary N) is 1. The zero-order valence-corrected chi connectivity index (χ0v) is 7.21. The summed E-state index contributed by atoms with van der Waals surface area (Å²) >= 11 is 0. The van der Waals surface area contributed by atoms with Gasteiger partial charge in [-0.2, -0.15) is 0 Å². The van der Waals surface area contributed by atoms with E-state index in [0.717, 1.165) is 19.5 Å². The molecule has 1 aliphatic rings. The van der Waals surface area contributed by atoms with Gasteiger partial charge in [0.1, 0.15) is 0 Å². The summed E-state index contributed by atoms with van der Waals surface area (Å²) in [6, 6.07) is 0.283. The van der Waals surface area contributed by atoms with E-state index in [1.165, 1.54) is 0 Å². The lowest BCUT2D eigenvalue weighted by Gasteiger charge is -2.41. The van der Waals surface area contributed by atoms with Crippen LogP contribution in [-0.4, -0.2) is 29.9 Å². The van der Waals surface area contributed by atoms with Crippen LogP contribution in [0.25, 0.3) is 0 Å². The second-order valence-electron chi connectivity index (χ2n) is 3.26. The molecule has 2 N–H and O–H groups in total. The van der Waals surface area contributed by atoms with Crippen LogP contribution in [0.5, 0.6) is 0 Å². The van der Waals surface area contributed by atoms with Crippen molar-refractivity contribution >= 4 is 5.91 Å². The largest absolute Gasteiger partial charge is 0.342 e. The minimum absolute atomic E-state index is 0.171. The maximum atomic E-state index is 10.8. The van der Waals surface area contributed by atoms with Gasteiger partial charge in [0.25, 0.3) is 0 Å². The topological polar surface area (TPSA) is 46.3 Å². The van der Waals surface area contributed by atoms with Gasteiger partial charge in [-0.3, -0.25) is 4.79 Å². The van der Waals surface area contributed by atoms with Crippen LogP contribution in [0.2, 0.25) is 0 Å². The molecule has 3 nitrogen and oxygen atoms in total. The maximum Gasteiger partial charge on any atom is 0.219 e. The van der Waals surface area contributed by atoms with Crippen molar-refractivity contribution in [2.24, 2.45) is 11.7 Å². The molecule has 0 spiro atoms. The van der Waals surface area contributed by atoms with Gasteiger partial charge in [-0.25, -0.2) is 0 Å². The number of rotatable bonds is 2. The smallest absolute Gasteiger partial charge is 0.219 e. The average molecular weight is 156 g/mol. The van der Waals surface area contributed by atoms with E-state index in [9.17, 15) is 4.79 Å². The number of nitrogens with zero attached hydrogens (tertiary/aromatic N) is 1. The van der Waals surface area contributed by atoms with Crippen molar-refractivity contribution in [3.8, 4) is 0 Å². The molecule has 3 heteroatoms. The lowest BCUT2D eigenvalue weighted by molar-refractivity contribution is -0.135. The van der Waals surface area contributed by atoms with Crippen LogP contribution in [-0.2, 0) is 4.79 Å². The van der Waals surface area contributed by atoms with Crippen molar-refractivity contribution in [2.75, 3.05) is 13.1 Å². The molecule has 1 amide bonds. The molecule has 0 aromatic heterocycles. The van der Waals surface area contributed by atoms with E-state index in [1.54, 1.807) is 6.92 Å². The standard InChI is InChI=1S/C8H16N2O/c1-3-8(9)7-4-10(5-7)6(2)11/h7-8H,3-5,9H2,1-2H3. The van der Waals surface area contributed by atoms with Crippen LogP contribution in [0.3, 0.4) is 0 Å². The van der Waals surface area contributed by atoms with E-state index < -0.39 is 0 Å². The number of likely N-dealkylation sites (tertiary alicyclic amines) is 1. The first-order valence-electron chi connectivity index (χ1n) is 4.16. The normalized spacial score (nSPS) is 21.2. The van der Waals surface area contributed by atoms with E-state index in [0.29, 0.717) is 5.92 Å². The molecule has 1 unspecified atom stereocenters. The van der Waals surface area contributed by atoms with Crippen LogP contribution in [0, 0.1) is 5.92 Å². The Morgan fingerprint density at radius 1 is 1.73 bits per heavy atom. The molecule has 1 aliphatic heterocycles. The van der Waals surface area contributed by atoms with Gasteiger partial charge >= 0.3 is 0 Å². The Bertz CT molecular complexity index is 152. The third-order valence-electron chi connectivity index (χ3n) is 2.43. The van der Waals surface area contributed by atoms with Gasteiger partial charge in [0, 0.05) is 32.0 Å². The Labute approximate surface area is 67.5 Å². The molecule has 0 aliphatic carbocycles. The second kappa shape index (κ2) is 3.22. The summed E-state index contributed by atoms with van der Waals surface area (Å²) in [5.41, 5.74) is 5.80. The Hall–Kier alpha value is -0.570. The Kier molecular flexibility index (Phi) is 2.49. The predicted molar refractivity (Wildman–Crippen MR) is 44.0 cm³/mol. The van der Waals surface area contributed by atoms with E-state index in [4.69, 9.17) is 5.73 Å². The fraction of sp³-hybridized carbons (Fsp3) is 0.875. The first kappa shape index (κ1) is 8.53. The Balaban J connectivity index is 2.23. The molecule has 0 aromatic carbocycles. The molecule has 1 rings (SSSR count). The van der Waals surface area contributed by atoms with Gasteiger partial charge in [0.2, 0.25) is 5.91 Å². The number of amides is 1. The first-order chi connectivity index (χ1) is 5.15. The highest BCUT2D eigenvalue weighted by molar-refractivity contribution is 5.74. The van der Waals surface area contributed by atoms with E-state index in [-0.39, 0.29) is 11.9 Å². The van der Waals surface area contributed by atoms with Gasteiger partial charge in [-0.1, -0.05) is 6.92 Å². The van der Waals surface area contributed by atoms with Crippen molar-refractivity contribution in [1.82, 2.24) is 4.90 Å². The second-order valence-corrected chi connectivity index (χ2v) is 3.26. The molecule has 1 saturated heterocycles. The summed E-state index contributed by atoms with van der Waals surface area (Å²) in [6.07, 6.45) is 1.01. The fourth-order valence-corrected chi connectivity index (χ4v) is 1.37. The van der Waals surface area contributed by atoms with Gasteiger partial charge in [0.15, 0.2) is 0 Å². The Morgan fingerprint density at radius 2 is 2.27 bits per heavy atom. The molecule has 0 saturated carbocycles. The summed E-state index contributed by atoms with van der Waals surface area (Å²) in [4.78, 5) is 12.6. The highest BCUT2D eigenvalue weighted by Gasteiger charge is 2.31. The quantitative estimate of drug-likeness (QED) is 0.621. The SMILES string of the molecule is CCC(N)C1CN(C(C)=O)C1. The third-order valence-corrected chi connectivity index (χ3v) is 2.43. The van der Waals surface area contributed by atoms with Gasteiger partial charge in [-0.15, -0.1) is 0 Å². The first-order valence-corrected chi connectivity index (χ1v) is 4.16. The Morgan fingerprint density at radius 3 is 2.64 bits per heavy atom. The van der Waals surface area contributed by atoms with E-state index >= 15 is 0 Å². The molecular formula is C8H16N2O. The highest BCUT2D eigenvalue weighted by Crippen LogP contribution is 2.19. The minimum Gasteiger partial charge on any atom is -0.342 e. The van der Waals surface area contributed by atoms with Crippen molar-refractivity contribution in [3.05, 3.63) is 0 Å². The molecule has 0 aromatic rings. The monoisotopic (exact) mass is 156 g/mol. The van der Waals surface area contributed by atoms with Crippen molar-refractivity contribution in [2.45, 2.75) is 26.3 Å². The van der Waals surface area contributed by atoms with Crippen molar-refractivity contribution in [1.29, 1.82) is 0 Å². The van der Waals surface area contributed by atoms with Crippen LogP contribution in [0.1, 0.15) is 20.3 Å². The zero-order valence-electron chi connectivity index (χ0n) is 7.21. The summed E-state index contributed by atoms with van der Waals surface area (Å²) < 4.78 is 0. The summed E-state index contributed by atoms with van der Waals surface area (Å²) in [5.74, 6) is 0.716. The van der Waals surface area contributed by atoms with Crippen LogP contribution >= 0.6 is 0 Å². The molecule has 0 bridgehead atoms. The minimum atomic E-state index is 0.171. The van der Waals surface area contributed by atoms with E-state index in [1.807, 2.05) is 4.90 Å². The predicted octanol–water partition coefficient (Wildman–Crippen LogP) is 0.202. The molecule has 64 valence electrons. The van der Waals surface area contributed by atoms with Gasteiger partial charge in [0.05, 0.1) is 0 Å². The van der Waals surface area contributed by atoms with Crippen LogP contribution in [0.15, 0.2) is 0 Å². The maximum absolute atomic E-state index is 10.8. The third kappa shape index (κ3) is 1.71. The highest BCUT2D eigenvalue weighted by atomic mass is 16.2. The average Bonchev–Trinajstić information content (AvgIpc) is 1.83. The molecule has 1 heterocycles. The fourth-order valence-electron chi connectivity index (χ4n) is 1.37. The molecule has 11 heavy (non-hydrogen) atoms. The molecule has 1 fully saturated rings. The van der Waals surface area contributed by atoms with Gasteiger partial charge in [-0.05, 0) is 6.42 Å². The molecule has 1 atom stereocenters. The lowest BCUT2D eigenvalue weighted by atomic mass is 9.90. The summed E-state index contributed by atoms with van der Waals surface area (Å²) in [6.45, 7) is 5.42. The molecular weight excluding hydrogens is 140 g/mol. The number of carbonyl (C=O) groups is 1.